The van der Waals surface area contributed by atoms with Gasteiger partial charge in [-0.2, -0.15) is 0 Å². The first-order valence-electron chi connectivity index (χ1n) is 6.63. The van der Waals surface area contributed by atoms with E-state index >= 15 is 0 Å². The van der Waals surface area contributed by atoms with E-state index in [9.17, 15) is 9.90 Å². The molecule has 0 spiro atoms. The van der Waals surface area contributed by atoms with Crippen LogP contribution < -0.4 is 0 Å². The summed E-state index contributed by atoms with van der Waals surface area (Å²) in [6.07, 6.45) is 3.23. The van der Waals surface area contributed by atoms with Gasteiger partial charge in [0.05, 0.1) is 12.2 Å². The van der Waals surface area contributed by atoms with Crippen molar-refractivity contribution in [2.24, 2.45) is 0 Å². The first-order chi connectivity index (χ1) is 8.00. The van der Waals surface area contributed by atoms with Crippen molar-refractivity contribution in [1.82, 2.24) is 4.90 Å². The lowest BCUT2D eigenvalue weighted by molar-refractivity contribution is -0.149. The molecule has 1 saturated heterocycles. The van der Waals surface area contributed by atoms with Crippen LogP contribution in [0.5, 0.6) is 0 Å². The highest BCUT2D eigenvalue weighted by molar-refractivity contribution is 5.75. The summed E-state index contributed by atoms with van der Waals surface area (Å²) in [5.74, 6) is -0.128. The average molecular weight is 243 g/mol. The standard InChI is InChI=1S/C13H25NO3/c1-4-11(12(15)17-5-2)14-9-6-7-13(3,16)8-10-14/h11,16H,4-10H2,1-3H3. The predicted octanol–water partition coefficient (Wildman–Crippen LogP) is 1.56. The fraction of sp³-hybridized carbons (Fsp3) is 0.923. The summed E-state index contributed by atoms with van der Waals surface area (Å²) in [6.45, 7) is 7.78. The zero-order chi connectivity index (χ0) is 12.9. The first-order valence-corrected chi connectivity index (χ1v) is 6.63. The maximum Gasteiger partial charge on any atom is 0.323 e. The van der Waals surface area contributed by atoms with E-state index in [2.05, 4.69) is 4.90 Å². The van der Waals surface area contributed by atoms with Crippen molar-refractivity contribution in [3.8, 4) is 0 Å². The molecular formula is C13H25NO3. The largest absolute Gasteiger partial charge is 0.465 e. The molecule has 1 N–H and O–H groups in total. The van der Waals surface area contributed by atoms with Gasteiger partial charge < -0.3 is 9.84 Å². The Kier molecular flexibility index (Phi) is 5.40. The molecule has 0 saturated carbocycles. The minimum absolute atomic E-state index is 0.128. The molecule has 100 valence electrons. The number of aliphatic hydroxyl groups is 1. The molecule has 0 aliphatic carbocycles. The lowest BCUT2D eigenvalue weighted by atomic mass is 9.98. The molecule has 1 aliphatic rings. The molecule has 0 aromatic rings. The van der Waals surface area contributed by atoms with Crippen LogP contribution in [0.25, 0.3) is 0 Å². The molecule has 1 fully saturated rings. The van der Waals surface area contributed by atoms with Crippen LogP contribution >= 0.6 is 0 Å². The molecule has 1 aliphatic heterocycles. The number of likely N-dealkylation sites (tertiary alicyclic amines) is 1. The first kappa shape index (κ1) is 14.5. The van der Waals surface area contributed by atoms with Crippen molar-refractivity contribution < 1.29 is 14.6 Å². The number of carbonyl (C=O) groups excluding carboxylic acids is 1. The highest BCUT2D eigenvalue weighted by Gasteiger charge is 2.31. The summed E-state index contributed by atoms with van der Waals surface area (Å²) >= 11 is 0. The van der Waals surface area contributed by atoms with Crippen molar-refractivity contribution >= 4 is 5.97 Å². The Morgan fingerprint density at radius 2 is 2.12 bits per heavy atom. The Bertz CT molecular complexity index is 253. The van der Waals surface area contributed by atoms with Gasteiger partial charge in [-0.15, -0.1) is 0 Å². The number of nitrogens with zero attached hydrogens (tertiary/aromatic N) is 1. The fourth-order valence-corrected chi connectivity index (χ4v) is 2.41. The number of ether oxygens (including phenoxy) is 1. The van der Waals surface area contributed by atoms with E-state index in [-0.39, 0.29) is 12.0 Å². The van der Waals surface area contributed by atoms with E-state index in [1.807, 2.05) is 20.8 Å². The van der Waals surface area contributed by atoms with Crippen molar-refractivity contribution in [2.45, 2.75) is 58.1 Å². The van der Waals surface area contributed by atoms with Gasteiger partial charge >= 0.3 is 5.97 Å². The van der Waals surface area contributed by atoms with Gasteiger partial charge in [-0.3, -0.25) is 9.69 Å². The maximum atomic E-state index is 11.8. The van der Waals surface area contributed by atoms with E-state index < -0.39 is 5.60 Å². The molecule has 1 heterocycles. The molecule has 4 heteroatoms. The van der Waals surface area contributed by atoms with Gasteiger partial charge in [0.15, 0.2) is 0 Å². The molecule has 0 amide bonds. The number of hydrogen-bond acceptors (Lipinski definition) is 4. The van der Waals surface area contributed by atoms with Gasteiger partial charge in [0.25, 0.3) is 0 Å². The van der Waals surface area contributed by atoms with E-state index in [0.717, 1.165) is 38.8 Å². The minimum Gasteiger partial charge on any atom is -0.465 e. The van der Waals surface area contributed by atoms with Gasteiger partial charge in [0, 0.05) is 6.54 Å². The van der Waals surface area contributed by atoms with Crippen LogP contribution in [-0.4, -0.2) is 47.3 Å². The lowest BCUT2D eigenvalue weighted by Crippen LogP contribution is -2.42. The van der Waals surface area contributed by atoms with Crippen LogP contribution in [-0.2, 0) is 9.53 Å². The SMILES string of the molecule is CCOC(=O)C(CC)N1CCCC(C)(O)CC1. The van der Waals surface area contributed by atoms with E-state index in [0.29, 0.717) is 6.61 Å². The van der Waals surface area contributed by atoms with Gasteiger partial charge in [0.1, 0.15) is 6.04 Å². The summed E-state index contributed by atoms with van der Waals surface area (Å²) in [5.41, 5.74) is -0.582. The van der Waals surface area contributed by atoms with Crippen LogP contribution in [0, 0.1) is 0 Å². The second kappa shape index (κ2) is 6.36. The van der Waals surface area contributed by atoms with E-state index in [4.69, 9.17) is 4.74 Å². The summed E-state index contributed by atoms with van der Waals surface area (Å²) in [5, 5.41) is 10.0. The number of rotatable bonds is 4. The molecule has 1 rings (SSSR count). The third-order valence-corrected chi connectivity index (χ3v) is 3.48. The fourth-order valence-electron chi connectivity index (χ4n) is 2.41. The van der Waals surface area contributed by atoms with Crippen molar-refractivity contribution in [1.29, 1.82) is 0 Å². The number of esters is 1. The van der Waals surface area contributed by atoms with Crippen molar-refractivity contribution in [3.05, 3.63) is 0 Å². The van der Waals surface area contributed by atoms with E-state index in [1.165, 1.54) is 0 Å². The van der Waals surface area contributed by atoms with E-state index in [1.54, 1.807) is 0 Å². The number of hydrogen-bond donors (Lipinski definition) is 1. The Morgan fingerprint density at radius 1 is 1.41 bits per heavy atom. The Morgan fingerprint density at radius 3 is 2.71 bits per heavy atom. The van der Waals surface area contributed by atoms with Gasteiger partial charge in [-0.25, -0.2) is 0 Å². The molecule has 2 unspecified atom stereocenters. The van der Waals surface area contributed by atoms with Crippen molar-refractivity contribution in [2.75, 3.05) is 19.7 Å². The van der Waals surface area contributed by atoms with Crippen molar-refractivity contribution in [3.63, 3.8) is 0 Å². The molecule has 2 atom stereocenters. The molecule has 0 aromatic heterocycles. The van der Waals surface area contributed by atoms with Gasteiger partial charge in [-0.05, 0) is 46.1 Å². The molecule has 0 bridgehead atoms. The smallest absolute Gasteiger partial charge is 0.323 e. The number of carbonyl (C=O) groups is 1. The van der Waals surface area contributed by atoms with Crippen LogP contribution in [0.2, 0.25) is 0 Å². The van der Waals surface area contributed by atoms with Gasteiger partial charge in [0.2, 0.25) is 0 Å². The summed E-state index contributed by atoms with van der Waals surface area (Å²) < 4.78 is 5.10. The quantitative estimate of drug-likeness (QED) is 0.761. The second-order valence-electron chi connectivity index (χ2n) is 5.06. The average Bonchev–Trinajstić information content (AvgIpc) is 2.42. The lowest BCUT2D eigenvalue weighted by Gasteiger charge is -2.28. The maximum absolute atomic E-state index is 11.8. The molecule has 0 aromatic carbocycles. The van der Waals surface area contributed by atoms with Crippen LogP contribution in [0.3, 0.4) is 0 Å². The molecule has 0 radical (unpaired) electrons. The Hall–Kier alpha value is -0.610. The Balaban J connectivity index is 2.60. The zero-order valence-corrected chi connectivity index (χ0v) is 11.2. The van der Waals surface area contributed by atoms with Crippen LogP contribution in [0.15, 0.2) is 0 Å². The molecule has 4 nitrogen and oxygen atoms in total. The highest BCUT2D eigenvalue weighted by Crippen LogP contribution is 2.23. The topological polar surface area (TPSA) is 49.8 Å². The second-order valence-corrected chi connectivity index (χ2v) is 5.06. The molecule has 17 heavy (non-hydrogen) atoms. The summed E-state index contributed by atoms with van der Waals surface area (Å²) in [6, 6.07) is -0.149. The predicted molar refractivity (Wildman–Crippen MR) is 66.8 cm³/mol. The third-order valence-electron chi connectivity index (χ3n) is 3.48. The Labute approximate surface area is 104 Å². The van der Waals surface area contributed by atoms with Gasteiger partial charge in [-0.1, -0.05) is 6.92 Å². The molecular weight excluding hydrogens is 218 g/mol. The van der Waals surface area contributed by atoms with Crippen LogP contribution in [0.1, 0.15) is 46.5 Å². The summed E-state index contributed by atoms with van der Waals surface area (Å²) in [7, 11) is 0. The van der Waals surface area contributed by atoms with Crippen LogP contribution in [0.4, 0.5) is 0 Å². The minimum atomic E-state index is -0.582. The third kappa shape index (κ3) is 4.28. The summed E-state index contributed by atoms with van der Waals surface area (Å²) in [4.78, 5) is 14.0. The highest BCUT2D eigenvalue weighted by atomic mass is 16.5. The zero-order valence-electron chi connectivity index (χ0n) is 11.2. The monoisotopic (exact) mass is 243 g/mol. The normalized spacial score (nSPS) is 28.5.